The van der Waals surface area contributed by atoms with Crippen LogP contribution in [0.5, 0.6) is 0 Å². The van der Waals surface area contributed by atoms with Gasteiger partial charge in [0, 0.05) is 32.7 Å². The maximum absolute atomic E-state index is 12.1. The van der Waals surface area contributed by atoms with Crippen molar-refractivity contribution >= 4 is 11.8 Å². The van der Waals surface area contributed by atoms with Gasteiger partial charge in [0.2, 0.25) is 0 Å². The van der Waals surface area contributed by atoms with Crippen LogP contribution < -0.4 is 10.6 Å². The van der Waals surface area contributed by atoms with Gasteiger partial charge in [-0.2, -0.15) is 26.3 Å². The minimum atomic E-state index is -5.01. The van der Waals surface area contributed by atoms with Crippen LogP contribution in [0, 0.1) is 0 Å². The molecule has 26 heavy (non-hydrogen) atoms. The van der Waals surface area contributed by atoms with Gasteiger partial charge in [-0.15, -0.1) is 0 Å². The summed E-state index contributed by atoms with van der Waals surface area (Å²) >= 11 is 0. The van der Waals surface area contributed by atoms with Gasteiger partial charge < -0.3 is 10.6 Å². The second-order valence-corrected chi connectivity index (χ2v) is 5.27. The van der Waals surface area contributed by atoms with Crippen LogP contribution in [0.3, 0.4) is 0 Å². The first-order valence-electron chi connectivity index (χ1n) is 7.46. The zero-order valence-corrected chi connectivity index (χ0v) is 13.5. The van der Waals surface area contributed by atoms with E-state index in [0.717, 1.165) is 5.56 Å². The Bertz CT molecular complexity index is 557. The Morgan fingerprint density at radius 2 is 1.23 bits per heavy atom. The molecule has 1 rings (SSSR count). The van der Waals surface area contributed by atoms with E-state index in [1.807, 2.05) is 0 Å². The third kappa shape index (κ3) is 8.19. The van der Waals surface area contributed by atoms with Gasteiger partial charge in [0.25, 0.3) is 0 Å². The molecular weight excluding hydrogens is 368 g/mol. The minimum Gasteiger partial charge on any atom is -0.347 e. The summed E-state index contributed by atoms with van der Waals surface area (Å²) in [6.45, 7) is -0.557. The van der Waals surface area contributed by atoms with Gasteiger partial charge in [0.1, 0.15) is 0 Å². The summed E-state index contributed by atoms with van der Waals surface area (Å²) < 4.78 is 72.9. The molecule has 0 atom stereocenters. The van der Waals surface area contributed by atoms with Crippen LogP contribution in [0.1, 0.15) is 5.56 Å². The Balaban J connectivity index is 2.56. The molecule has 5 nitrogen and oxygen atoms in total. The quantitative estimate of drug-likeness (QED) is 0.672. The third-order valence-corrected chi connectivity index (χ3v) is 3.19. The van der Waals surface area contributed by atoms with Crippen molar-refractivity contribution in [2.45, 2.75) is 18.9 Å². The predicted molar refractivity (Wildman–Crippen MR) is 79.8 cm³/mol. The fraction of sp³-hybridized carbons (Fsp3) is 0.467. The number of amides is 2. The minimum absolute atomic E-state index is 0.0431. The molecule has 11 heteroatoms. The molecule has 1 aromatic rings. The van der Waals surface area contributed by atoms with Crippen LogP contribution >= 0.6 is 0 Å². The third-order valence-electron chi connectivity index (χ3n) is 3.19. The van der Waals surface area contributed by atoms with E-state index in [0.29, 0.717) is 0 Å². The van der Waals surface area contributed by atoms with Crippen molar-refractivity contribution in [2.75, 3.05) is 26.2 Å². The maximum atomic E-state index is 12.1. The molecule has 0 fully saturated rings. The van der Waals surface area contributed by atoms with E-state index in [2.05, 4.69) is 0 Å². The summed E-state index contributed by atoms with van der Waals surface area (Å²) in [6, 6.07) is 8.67. The fourth-order valence-electron chi connectivity index (χ4n) is 1.97. The van der Waals surface area contributed by atoms with Crippen molar-refractivity contribution < 1.29 is 35.9 Å². The van der Waals surface area contributed by atoms with Crippen molar-refractivity contribution in [1.29, 1.82) is 0 Å². The lowest BCUT2D eigenvalue weighted by atomic mass is 10.2. The number of hydrogen-bond acceptors (Lipinski definition) is 3. The van der Waals surface area contributed by atoms with Crippen molar-refractivity contribution in [1.82, 2.24) is 15.5 Å². The number of carbonyl (C=O) groups is 2. The van der Waals surface area contributed by atoms with E-state index in [9.17, 15) is 35.9 Å². The normalized spacial score (nSPS) is 12.1. The molecule has 0 spiro atoms. The van der Waals surface area contributed by atoms with Gasteiger partial charge in [-0.05, 0) is 5.56 Å². The summed E-state index contributed by atoms with van der Waals surface area (Å²) in [5.74, 6) is -4.19. The molecule has 0 saturated heterocycles. The largest absolute Gasteiger partial charge is 0.471 e. The first-order chi connectivity index (χ1) is 12.0. The lowest BCUT2D eigenvalue weighted by molar-refractivity contribution is -0.173. The van der Waals surface area contributed by atoms with Crippen LogP contribution in [0.4, 0.5) is 26.3 Å². The highest BCUT2D eigenvalue weighted by molar-refractivity contribution is 5.82. The summed E-state index contributed by atoms with van der Waals surface area (Å²) in [4.78, 5) is 23.1. The summed E-state index contributed by atoms with van der Waals surface area (Å²) in [5.41, 5.74) is 0.775. The highest BCUT2D eigenvalue weighted by atomic mass is 19.4. The van der Waals surface area contributed by atoms with Gasteiger partial charge in [-0.25, -0.2) is 0 Å². The molecule has 0 heterocycles. The topological polar surface area (TPSA) is 61.4 Å². The van der Waals surface area contributed by atoms with Crippen molar-refractivity contribution in [3.63, 3.8) is 0 Å². The number of benzene rings is 1. The van der Waals surface area contributed by atoms with Crippen LogP contribution in [-0.4, -0.2) is 55.2 Å². The maximum Gasteiger partial charge on any atom is 0.471 e. The highest BCUT2D eigenvalue weighted by Gasteiger charge is 2.39. The SMILES string of the molecule is O=C(NCCN(CCNC(=O)C(F)(F)F)Cc1ccccc1)C(F)(F)F. The number of rotatable bonds is 8. The lowest BCUT2D eigenvalue weighted by Gasteiger charge is -2.23. The number of alkyl halides is 6. The second-order valence-electron chi connectivity index (χ2n) is 5.27. The molecule has 146 valence electrons. The van der Waals surface area contributed by atoms with Gasteiger partial charge in [0.05, 0.1) is 0 Å². The summed E-state index contributed by atoms with van der Waals surface area (Å²) in [6.07, 6.45) is -10.0. The molecule has 0 aliphatic heterocycles. The molecule has 0 radical (unpaired) electrons. The van der Waals surface area contributed by atoms with E-state index in [1.54, 1.807) is 41.0 Å². The standard InChI is InChI=1S/C15H17F6N3O2/c16-14(17,18)12(25)22-6-8-24(10-11-4-2-1-3-5-11)9-7-23-13(26)15(19,20)21/h1-5H,6-10H2,(H,22,25)(H,23,26). The molecule has 1 aromatic carbocycles. The Morgan fingerprint density at radius 1 is 0.808 bits per heavy atom. The summed E-state index contributed by atoms with van der Waals surface area (Å²) in [7, 11) is 0. The molecule has 0 aliphatic rings. The van der Waals surface area contributed by atoms with E-state index in [-0.39, 0.29) is 32.7 Å². The average molecular weight is 385 g/mol. The van der Waals surface area contributed by atoms with Crippen LogP contribution in [-0.2, 0) is 16.1 Å². The molecule has 0 saturated carbocycles. The molecule has 2 N–H and O–H groups in total. The van der Waals surface area contributed by atoms with Crippen molar-refractivity contribution in [2.24, 2.45) is 0 Å². The van der Waals surface area contributed by atoms with Gasteiger partial charge in [-0.1, -0.05) is 30.3 Å². The molecule has 0 unspecified atom stereocenters. The molecular formula is C15H17F6N3O2. The first kappa shape index (κ1) is 21.7. The lowest BCUT2D eigenvalue weighted by Crippen LogP contribution is -2.44. The molecule has 0 aliphatic carbocycles. The second kappa shape index (κ2) is 9.41. The van der Waals surface area contributed by atoms with E-state index < -0.39 is 24.2 Å². The Morgan fingerprint density at radius 3 is 1.62 bits per heavy atom. The van der Waals surface area contributed by atoms with Crippen molar-refractivity contribution in [3.8, 4) is 0 Å². The van der Waals surface area contributed by atoms with Gasteiger partial charge in [-0.3, -0.25) is 14.5 Å². The molecule has 0 aromatic heterocycles. The van der Waals surface area contributed by atoms with E-state index >= 15 is 0 Å². The van der Waals surface area contributed by atoms with Crippen molar-refractivity contribution in [3.05, 3.63) is 35.9 Å². The highest BCUT2D eigenvalue weighted by Crippen LogP contribution is 2.14. The number of carbonyl (C=O) groups excluding carboxylic acids is 2. The molecule has 2 amide bonds. The van der Waals surface area contributed by atoms with E-state index in [1.165, 1.54) is 4.90 Å². The number of halogens is 6. The Hall–Kier alpha value is -2.30. The van der Waals surface area contributed by atoms with Gasteiger partial charge in [0.15, 0.2) is 0 Å². The smallest absolute Gasteiger partial charge is 0.347 e. The Labute approximate surface area is 145 Å². The zero-order chi connectivity index (χ0) is 19.8. The van der Waals surface area contributed by atoms with Crippen LogP contribution in [0.15, 0.2) is 30.3 Å². The number of nitrogens with one attached hydrogen (secondary N) is 2. The van der Waals surface area contributed by atoms with Crippen LogP contribution in [0.25, 0.3) is 0 Å². The van der Waals surface area contributed by atoms with Gasteiger partial charge >= 0.3 is 24.2 Å². The fourth-order valence-corrected chi connectivity index (χ4v) is 1.97. The van der Waals surface area contributed by atoms with E-state index in [4.69, 9.17) is 0 Å². The summed E-state index contributed by atoms with van der Waals surface area (Å²) in [5, 5.41) is 3.38. The number of nitrogens with zero attached hydrogens (tertiary/aromatic N) is 1. The zero-order valence-electron chi connectivity index (χ0n) is 13.5. The average Bonchev–Trinajstić information content (AvgIpc) is 2.53. The molecule has 0 bridgehead atoms. The number of hydrogen-bond donors (Lipinski definition) is 2. The van der Waals surface area contributed by atoms with Crippen LogP contribution in [0.2, 0.25) is 0 Å². The monoisotopic (exact) mass is 385 g/mol. The first-order valence-corrected chi connectivity index (χ1v) is 7.46. The predicted octanol–water partition coefficient (Wildman–Crippen LogP) is 1.85. The Kier molecular flexibility index (Phi) is 7.87.